The van der Waals surface area contributed by atoms with Crippen LogP contribution in [0, 0.1) is 5.92 Å². The Hall–Kier alpha value is -1.81. The van der Waals surface area contributed by atoms with Crippen molar-refractivity contribution in [2.24, 2.45) is 5.92 Å². The maximum atomic E-state index is 12.4. The SMILES string of the molecule is COc1ccc(CCN2CCC(CN(C)C(=O)C3=CCCC3)CC2)cc1. The van der Waals surface area contributed by atoms with E-state index in [1.54, 1.807) is 7.11 Å². The van der Waals surface area contributed by atoms with Crippen molar-refractivity contribution in [3.63, 3.8) is 0 Å². The molecule has 1 aromatic carbocycles. The van der Waals surface area contributed by atoms with Gasteiger partial charge in [0.1, 0.15) is 5.75 Å². The molecule has 3 rings (SSSR count). The van der Waals surface area contributed by atoms with Gasteiger partial charge in [-0.1, -0.05) is 18.2 Å². The predicted octanol–water partition coefficient (Wildman–Crippen LogP) is 3.52. The van der Waals surface area contributed by atoms with Crippen LogP contribution in [0.5, 0.6) is 5.75 Å². The van der Waals surface area contributed by atoms with E-state index in [0.29, 0.717) is 5.92 Å². The molecule has 0 N–H and O–H groups in total. The first-order chi connectivity index (χ1) is 12.7. The van der Waals surface area contributed by atoms with E-state index in [0.717, 1.165) is 63.2 Å². The molecule has 1 amide bonds. The quantitative estimate of drug-likeness (QED) is 0.749. The number of methoxy groups -OCH3 is 1. The molecule has 142 valence electrons. The summed E-state index contributed by atoms with van der Waals surface area (Å²) in [6, 6.07) is 8.39. The van der Waals surface area contributed by atoms with E-state index in [1.807, 2.05) is 24.1 Å². The number of carbonyl (C=O) groups is 1. The van der Waals surface area contributed by atoms with Crippen LogP contribution in [0.25, 0.3) is 0 Å². The van der Waals surface area contributed by atoms with Gasteiger partial charge < -0.3 is 14.5 Å². The fourth-order valence-electron chi connectivity index (χ4n) is 4.05. The van der Waals surface area contributed by atoms with Crippen LogP contribution in [0.1, 0.15) is 37.7 Å². The van der Waals surface area contributed by atoms with Crippen LogP contribution in [-0.4, -0.2) is 56.0 Å². The zero-order valence-electron chi connectivity index (χ0n) is 16.2. The molecule has 1 saturated heterocycles. The summed E-state index contributed by atoms with van der Waals surface area (Å²) in [6.07, 6.45) is 8.77. The molecule has 0 radical (unpaired) electrons. The number of nitrogens with zero attached hydrogens (tertiary/aromatic N) is 2. The lowest BCUT2D eigenvalue weighted by Crippen LogP contribution is -2.40. The highest BCUT2D eigenvalue weighted by molar-refractivity contribution is 5.93. The lowest BCUT2D eigenvalue weighted by Gasteiger charge is -2.34. The molecule has 1 aliphatic carbocycles. The largest absolute Gasteiger partial charge is 0.497 e. The van der Waals surface area contributed by atoms with Crippen LogP contribution in [0.4, 0.5) is 0 Å². The number of rotatable bonds is 7. The number of ether oxygens (including phenoxy) is 1. The van der Waals surface area contributed by atoms with Gasteiger partial charge in [0, 0.05) is 25.7 Å². The molecule has 1 aromatic rings. The third-order valence-electron chi connectivity index (χ3n) is 5.78. The fraction of sp³-hybridized carbons (Fsp3) is 0.591. The molecule has 0 saturated carbocycles. The van der Waals surface area contributed by atoms with Gasteiger partial charge in [-0.15, -0.1) is 0 Å². The zero-order chi connectivity index (χ0) is 18.4. The molecule has 0 bridgehead atoms. The molecule has 1 heterocycles. The number of hydrogen-bond acceptors (Lipinski definition) is 3. The summed E-state index contributed by atoms with van der Waals surface area (Å²) in [5.41, 5.74) is 2.40. The van der Waals surface area contributed by atoms with E-state index in [4.69, 9.17) is 4.74 Å². The number of hydrogen-bond donors (Lipinski definition) is 0. The second-order valence-electron chi connectivity index (χ2n) is 7.69. The van der Waals surface area contributed by atoms with E-state index < -0.39 is 0 Å². The van der Waals surface area contributed by atoms with Gasteiger partial charge in [0.2, 0.25) is 5.91 Å². The van der Waals surface area contributed by atoms with Gasteiger partial charge in [-0.25, -0.2) is 0 Å². The number of likely N-dealkylation sites (tertiary alicyclic amines) is 1. The minimum atomic E-state index is 0.254. The van der Waals surface area contributed by atoms with E-state index in [1.165, 1.54) is 18.4 Å². The van der Waals surface area contributed by atoms with E-state index in [2.05, 4.69) is 23.1 Å². The standard InChI is InChI=1S/C22H32N2O2/c1-23(22(25)20-5-3-4-6-20)17-19-12-15-24(16-13-19)14-11-18-7-9-21(26-2)10-8-18/h5,7-10,19H,3-4,6,11-17H2,1-2H3. The average molecular weight is 357 g/mol. The molecular formula is C22H32N2O2. The zero-order valence-corrected chi connectivity index (χ0v) is 16.2. The van der Waals surface area contributed by atoms with Crippen molar-refractivity contribution >= 4 is 5.91 Å². The Morgan fingerprint density at radius 2 is 1.96 bits per heavy atom. The molecule has 1 aliphatic heterocycles. The second kappa shape index (κ2) is 9.22. The van der Waals surface area contributed by atoms with Crippen LogP contribution < -0.4 is 4.74 Å². The Balaban J connectivity index is 1.37. The summed E-state index contributed by atoms with van der Waals surface area (Å²) in [6.45, 7) is 4.31. The first kappa shape index (κ1) is 19.0. The highest BCUT2D eigenvalue weighted by atomic mass is 16.5. The topological polar surface area (TPSA) is 32.8 Å². The Morgan fingerprint density at radius 3 is 2.58 bits per heavy atom. The first-order valence-corrected chi connectivity index (χ1v) is 9.95. The normalized spacial score (nSPS) is 18.6. The van der Waals surface area contributed by atoms with E-state index in [-0.39, 0.29) is 5.91 Å². The molecule has 0 atom stereocenters. The Bertz CT molecular complexity index is 616. The van der Waals surface area contributed by atoms with E-state index in [9.17, 15) is 4.79 Å². The van der Waals surface area contributed by atoms with Crippen molar-refractivity contribution in [3.8, 4) is 5.75 Å². The van der Waals surface area contributed by atoms with Gasteiger partial charge in [0.15, 0.2) is 0 Å². The molecule has 0 aromatic heterocycles. The molecule has 2 aliphatic rings. The third kappa shape index (κ3) is 5.10. The van der Waals surface area contributed by atoms with Gasteiger partial charge >= 0.3 is 0 Å². The second-order valence-corrected chi connectivity index (χ2v) is 7.69. The van der Waals surface area contributed by atoms with E-state index >= 15 is 0 Å². The fourth-order valence-corrected chi connectivity index (χ4v) is 4.05. The molecular weight excluding hydrogens is 324 g/mol. The highest BCUT2D eigenvalue weighted by Gasteiger charge is 2.23. The van der Waals surface area contributed by atoms with Crippen LogP contribution in [0.15, 0.2) is 35.9 Å². The molecule has 4 nitrogen and oxygen atoms in total. The number of carbonyl (C=O) groups excluding carboxylic acids is 1. The Labute approximate surface area is 157 Å². The summed E-state index contributed by atoms with van der Waals surface area (Å²) < 4.78 is 5.21. The average Bonchev–Trinajstić information content (AvgIpc) is 3.22. The van der Waals surface area contributed by atoms with Crippen molar-refractivity contribution in [1.29, 1.82) is 0 Å². The van der Waals surface area contributed by atoms with Crippen LogP contribution >= 0.6 is 0 Å². The number of allylic oxidation sites excluding steroid dienone is 1. The van der Waals surface area contributed by atoms with Crippen LogP contribution in [0.3, 0.4) is 0 Å². The Kier molecular flexibility index (Phi) is 6.73. The third-order valence-corrected chi connectivity index (χ3v) is 5.78. The molecule has 4 heteroatoms. The minimum absolute atomic E-state index is 0.254. The van der Waals surface area contributed by atoms with Gasteiger partial charge in [0.05, 0.1) is 7.11 Å². The monoisotopic (exact) mass is 356 g/mol. The summed E-state index contributed by atoms with van der Waals surface area (Å²) in [4.78, 5) is 16.9. The van der Waals surface area contributed by atoms with Crippen molar-refractivity contribution in [2.45, 2.75) is 38.5 Å². The van der Waals surface area contributed by atoms with Crippen molar-refractivity contribution in [3.05, 3.63) is 41.5 Å². The number of benzene rings is 1. The highest BCUT2D eigenvalue weighted by Crippen LogP contribution is 2.22. The molecule has 26 heavy (non-hydrogen) atoms. The Morgan fingerprint density at radius 1 is 1.23 bits per heavy atom. The van der Waals surface area contributed by atoms with Gasteiger partial charge in [-0.3, -0.25) is 4.79 Å². The van der Waals surface area contributed by atoms with Crippen LogP contribution in [-0.2, 0) is 11.2 Å². The maximum absolute atomic E-state index is 12.4. The first-order valence-electron chi connectivity index (χ1n) is 9.95. The van der Waals surface area contributed by atoms with Gasteiger partial charge in [-0.05, 0) is 75.2 Å². The van der Waals surface area contributed by atoms with Gasteiger partial charge in [0.25, 0.3) is 0 Å². The number of amides is 1. The number of likely N-dealkylation sites (N-methyl/N-ethyl adjacent to an activating group) is 1. The molecule has 0 unspecified atom stereocenters. The maximum Gasteiger partial charge on any atom is 0.249 e. The summed E-state index contributed by atoms with van der Waals surface area (Å²) in [7, 11) is 3.67. The molecule has 0 spiro atoms. The lowest BCUT2D eigenvalue weighted by atomic mass is 9.95. The van der Waals surface area contributed by atoms with Crippen molar-refractivity contribution < 1.29 is 9.53 Å². The smallest absolute Gasteiger partial charge is 0.249 e. The van der Waals surface area contributed by atoms with Crippen molar-refractivity contribution in [1.82, 2.24) is 9.80 Å². The van der Waals surface area contributed by atoms with Crippen molar-refractivity contribution in [2.75, 3.05) is 40.3 Å². The predicted molar refractivity (Wildman–Crippen MR) is 105 cm³/mol. The summed E-state index contributed by atoms with van der Waals surface area (Å²) >= 11 is 0. The lowest BCUT2D eigenvalue weighted by molar-refractivity contribution is -0.126. The number of piperidine rings is 1. The minimum Gasteiger partial charge on any atom is -0.497 e. The molecule has 1 fully saturated rings. The summed E-state index contributed by atoms with van der Waals surface area (Å²) in [5, 5.41) is 0. The van der Waals surface area contributed by atoms with Gasteiger partial charge in [-0.2, -0.15) is 0 Å². The summed E-state index contributed by atoms with van der Waals surface area (Å²) in [5.74, 6) is 1.81. The van der Waals surface area contributed by atoms with Crippen LogP contribution in [0.2, 0.25) is 0 Å².